The highest BCUT2D eigenvalue weighted by molar-refractivity contribution is 5.27. The molecule has 1 heteroatoms. The molecule has 0 fully saturated rings. The molecule has 0 N–H and O–H groups in total. The van der Waals surface area contributed by atoms with Crippen molar-refractivity contribution in [1.29, 1.82) is 0 Å². The maximum Gasteiger partial charge on any atom is 0.125 e. The Balaban J connectivity index is 2.26. The monoisotopic (exact) mass is 148 g/mol. The maximum atomic E-state index is 5.49. The van der Waals surface area contributed by atoms with Gasteiger partial charge in [0.25, 0.3) is 0 Å². The van der Waals surface area contributed by atoms with Gasteiger partial charge in [-0.05, 0) is 18.1 Å². The van der Waals surface area contributed by atoms with Crippen molar-refractivity contribution in [3.05, 3.63) is 36.1 Å². The van der Waals surface area contributed by atoms with Crippen LogP contribution >= 0.6 is 0 Å². The Kier molecular flexibility index (Phi) is 1.57. The first kappa shape index (κ1) is 6.71. The third-order valence-corrected chi connectivity index (χ3v) is 2.24. The van der Waals surface area contributed by atoms with Crippen LogP contribution in [0.15, 0.2) is 36.1 Å². The highest BCUT2D eigenvalue weighted by Gasteiger charge is 2.23. The summed E-state index contributed by atoms with van der Waals surface area (Å²) in [6.45, 7) is 2.19. The molecule has 58 valence electrons. The summed E-state index contributed by atoms with van der Waals surface area (Å²) in [5.41, 5.74) is 1.41. The van der Waals surface area contributed by atoms with Crippen LogP contribution in [-0.2, 0) is 4.74 Å². The van der Waals surface area contributed by atoms with Crippen LogP contribution in [0.5, 0.6) is 0 Å². The second kappa shape index (κ2) is 2.57. The second-order valence-corrected chi connectivity index (χ2v) is 3.12. The van der Waals surface area contributed by atoms with Crippen LogP contribution < -0.4 is 0 Å². The number of hydrogen-bond donors (Lipinski definition) is 0. The smallest absolute Gasteiger partial charge is 0.125 e. The summed E-state index contributed by atoms with van der Waals surface area (Å²) in [5.74, 6) is 0.528. The lowest BCUT2D eigenvalue weighted by Crippen LogP contribution is -2.24. The zero-order valence-electron chi connectivity index (χ0n) is 6.66. The molecule has 0 amide bonds. The lowest BCUT2D eigenvalue weighted by Gasteiger charge is -2.28. The predicted octanol–water partition coefficient (Wildman–Crippen LogP) is 2.42. The normalized spacial score (nSPS) is 34.1. The van der Waals surface area contributed by atoms with Crippen LogP contribution in [0.1, 0.15) is 13.3 Å². The second-order valence-electron chi connectivity index (χ2n) is 3.12. The van der Waals surface area contributed by atoms with Gasteiger partial charge in [0.15, 0.2) is 0 Å². The molecular weight excluding hydrogens is 136 g/mol. The van der Waals surface area contributed by atoms with Crippen molar-refractivity contribution in [2.75, 3.05) is 0 Å². The topological polar surface area (TPSA) is 9.23 Å². The molecule has 2 atom stereocenters. The molecule has 0 aromatic rings. The summed E-state index contributed by atoms with van der Waals surface area (Å²) in [4.78, 5) is 0. The summed E-state index contributed by atoms with van der Waals surface area (Å²) < 4.78 is 5.49. The fourth-order valence-electron chi connectivity index (χ4n) is 1.61. The van der Waals surface area contributed by atoms with E-state index in [1.54, 1.807) is 0 Å². The van der Waals surface area contributed by atoms with Crippen molar-refractivity contribution in [1.82, 2.24) is 0 Å². The lowest BCUT2D eigenvalue weighted by molar-refractivity contribution is 0.131. The Bertz CT molecular complexity index is 235. The largest absolute Gasteiger partial charge is 0.493 e. The molecule has 0 saturated heterocycles. The van der Waals surface area contributed by atoms with E-state index in [0.29, 0.717) is 12.0 Å². The minimum Gasteiger partial charge on any atom is -0.493 e. The molecule has 0 radical (unpaired) electrons. The fraction of sp³-hybridized carbons (Fsp3) is 0.400. The molecule has 0 aromatic carbocycles. The molecular formula is C10H12O. The molecule has 1 nitrogen and oxygen atoms in total. The van der Waals surface area contributed by atoms with Crippen LogP contribution in [0, 0.1) is 5.92 Å². The third kappa shape index (κ3) is 1.11. The lowest BCUT2D eigenvalue weighted by atomic mass is 9.89. The van der Waals surface area contributed by atoms with Crippen molar-refractivity contribution in [2.45, 2.75) is 19.4 Å². The molecule has 2 unspecified atom stereocenters. The summed E-state index contributed by atoms with van der Waals surface area (Å²) in [7, 11) is 0. The van der Waals surface area contributed by atoms with Gasteiger partial charge >= 0.3 is 0 Å². The van der Waals surface area contributed by atoms with Crippen LogP contribution in [-0.4, -0.2) is 6.10 Å². The zero-order valence-corrected chi connectivity index (χ0v) is 6.66. The molecule has 1 heterocycles. The molecule has 0 saturated carbocycles. The number of ether oxygens (including phenoxy) is 1. The summed E-state index contributed by atoms with van der Waals surface area (Å²) in [6, 6.07) is 0. The van der Waals surface area contributed by atoms with E-state index in [-0.39, 0.29) is 0 Å². The van der Waals surface area contributed by atoms with Gasteiger partial charge in [0.1, 0.15) is 6.10 Å². The van der Waals surface area contributed by atoms with Crippen LogP contribution in [0.3, 0.4) is 0 Å². The van der Waals surface area contributed by atoms with Gasteiger partial charge in [-0.1, -0.05) is 25.2 Å². The first-order valence-electron chi connectivity index (χ1n) is 4.05. The Morgan fingerprint density at radius 1 is 1.55 bits per heavy atom. The molecule has 0 bridgehead atoms. The van der Waals surface area contributed by atoms with Gasteiger partial charge < -0.3 is 4.74 Å². The van der Waals surface area contributed by atoms with Crippen LogP contribution in [0.4, 0.5) is 0 Å². The number of allylic oxidation sites excluding steroid dienone is 3. The zero-order chi connectivity index (χ0) is 7.68. The van der Waals surface area contributed by atoms with Gasteiger partial charge in [-0.3, -0.25) is 0 Å². The first-order chi connectivity index (χ1) is 5.38. The van der Waals surface area contributed by atoms with Crippen LogP contribution in [0.2, 0.25) is 0 Å². The summed E-state index contributed by atoms with van der Waals surface area (Å²) in [5, 5.41) is 0. The average Bonchev–Trinajstić information content (AvgIpc) is 2.06. The number of rotatable bonds is 0. The Hall–Kier alpha value is -0.980. The van der Waals surface area contributed by atoms with Crippen molar-refractivity contribution in [3.8, 4) is 0 Å². The van der Waals surface area contributed by atoms with E-state index in [2.05, 4.69) is 31.2 Å². The standard InChI is InChI=1S/C10H12O/c1-8-4-2-5-9-6-3-7-11-10(8)9/h2-5,7-8,10H,6H2,1H3. The highest BCUT2D eigenvalue weighted by atomic mass is 16.5. The van der Waals surface area contributed by atoms with E-state index in [1.165, 1.54) is 5.57 Å². The predicted molar refractivity (Wildman–Crippen MR) is 45.0 cm³/mol. The van der Waals surface area contributed by atoms with Crippen molar-refractivity contribution < 1.29 is 4.74 Å². The van der Waals surface area contributed by atoms with Crippen molar-refractivity contribution in [2.24, 2.45) is 5.92 Å². The fourth-order valence-corrected chi connectivity index (χ4v) is 1.61. The van der Waals surface area contributed by atoms with E-state index in [4.69, 9.17) is 4.74 Å². The minimum absolute atomic E-state index is 0.310. The summed E-state index contributed by atoms with van der Waals surface area (Å²) >= 11 is 0. The Morgan fingerprint density at radius 2 is 2.45 bits per heavy atom. The average molecular weight is 148 g/mol. The van der Waals surface area contributed by atoms with E-state index in [9.17, 15) is 0 Å². The molecule has 11 heavy (non-hydrogen) atoms. The Morgan fingerprint density at radius 3 is 3.27 bits per heavy atom. The molecule has 0 aromatic heterocycles. The van der Waals surface area contributed by atoms with E-state index < -0.39 is 0 Å². The van der Waals surface area contributed by atoms with Gasteiger partial charge in [0.2, 0.25) is 0 Å². The maximum absolute atomic E-state index is 5.49. The SMILES string of the molecule is CC1C=CC=C2CC=COC21. The third-order valence-electron chi connectivity index (χ3n) is 2.24. The van der Waals surface area contributed by atoms with Gasteiger partial charge in [-0.25, -0.2) is 0 Å². The van der Waals surface area contributed by atoms with Crippen molar-refractivity contribution in [3.63, 3.8) is 0 Å². The van der Waals surface area contributed by atoms with Crippen molar-refractivity contribution >= 4 is 0 Å². The quantitative estimate of drug-likeness (QED) is 0.512. The molecule has 1 aliphatic carbocycles. The molecule has 2 aliphatic rings. The van der Waals surface area contributed by atoms with Crippen LogP contribution in [0.25, 0.3) is 0 Å². The molecule has 2 rings (SSSR count). The van der Waals surface area contributed by atoms with E-state index in [1.807, 2.05) is 6.26 Å². The molecule has 0 spiro atoms. The van der Waals surface area contributed by atoms with E-state index >= 15 is 0 Å². The van der Waals surface area contributed by atoms with E-state index in [0.717, 1.165) is 6.42 Å². The van der Waals surface area contributed by atoms with Gasteiger partial charge in [0.05, 0.1) is 6.26 Å². The number of fused-ring (bicyclic) bond motifs is 1. The molecule has 1 aliphatic heterocycles. The van der Waals surface area contributed by atoms with Gasteiger partial charge in [-0.15, -0.1) is 0 Å². The highest BCUT2D eigenvalue weighted by Crippen LogP contribution is 2.27. The number of hydrogen-bond acceptors (Lipinski definition) is 1. The Labute approximate surface area is 67.1 Å². The minimum atomic E-state index is 0.310. The van der Waals surface area contributed by atoms with Gasteiger partial charge in [0, 0.05) is 5.92 Å². The van der Waals surface area contributed by atoms with Gasteiger partial charge in [-0.2, -0.15) is 0 Å². The summed E-state index contributed by atoms with van der Waals surface area (Å²) in [6.07, 6.45) is 11.7. The first-order valence-corrected chi connectivity index (χ1v) is 4.05.